The van der Waals surface area contributed by atoms with Crippen LogP contribution < -0.4 is 10.1 Å². The maximum atomic E-state index is 13.1. The predicted octanol–water partition coefficient (Wildman–Crippen LogP) is 3.00. The molecule has 2 fully saturated rings. The Morgan fingerprint density at radius 2 is 2.03 bits per heavy atom. The SMILES string of the molecule is COC(=O)C1=C2Nc3cc(OC)ccc3[C@]23CCN2CCC[C@]([C@@H](C)OC(C)=O)(C1)[C@@H]23. The van der Waals surface area contributed by atoms with Crippen LogP contribution in [0.5, 0.6) is 5.75 Å². The maximum Gasteiger partial charge on any atom is 0.335 e. The Labute approximate surface area is 182 Å². The minimum Gasteiger partial charge on any atom is -0.497 e. The lowest BCUT2D eigenvalue weighted by Gasteiger charge is -2.57. The van der Waals surface area contributed by atoms with E-state index in [4.69, 9.17) is 14.2 Å². The minimum absolute atomic E-state index is 0.147. The van der Waals surface area contributed by atoms with Crippen molar-refractivity contribution in [3.8, 4) is 5.75 Å². The Hall–Kier alpha value is -2.54. The van der Waals surface area contributed by atoms with E-state index in [-0.39, 0.29) is 34.9 Å². The summed E-state index contributed by atoms with van der Waals surface area (Å²) in [5.74, 6) is 0.188. The Morgan fingerprint density at radius 3 is 2.74 bits per heavy atom. The second-order valence-electron chi connectivity index (χ2n) is 9.31. The molecule has 2 saturated heterocycles. The molecule has 4 atom stereocenters. The first-order valence-corrected chi connectivity index (χ1v) is 11.1. The van der Waals surface area contributed by atoms with E-state index >= 15 is 0 Å². The molecular formula is C24H30N2O5. The molecule has 3 heterocycles. The van der Waals surface area contributed by atoms with E-state index in [1.807, 2.05) is 19.1 Å². The first kappa shape index (κ1) is 20.4. The second-order valence-corrected chi connectivity index (χ2v) is 9.31. The highest BCUT2D eigenvalue weighted by molar-refractivity contribution is 5.93. The summed E-state index contributed by atoms with van der Waals surface area (Å²) in [6.45, 7) is 5.42. The number of hydrogen-bond donors (Lipinski definition) is 1. The zero-order chi connectivity index (χ0) is 22.0. The third kappa shape index (κ3) is 2.62. The van der Waals surface area contributed by atoms with Crippen molar-refractivity contribution in [3.05, 3.63) is 35.0 Å². The summed E-state index contributed by atoms with van der Waals surface area (Å²) in [6.07, 6.45) is 3.06. The van der Waals surface area contributed by atoms with Gasteiger partial charge in [-0.15, -0.1) is 0 Å². The molecule has 5 rings (SSSR count). The van der Waals surface area contributed by atoms with E-state index < -0.39 is 0 Å². The van der Waals surface area contributed by atoms with Gasteiger partial charge in [-0.3, -0.25) is 9.69 Å². The third-order valence-electron chi connectivity index (χ3n) is 8.06. The number of nitrogens with zero attached hydrogens (tertiary/aromatic N) is 1. The Morgan fingerprint density at radius 1 is 1.23 bits per heavy atom. The zero-order valence-corrected chi connectivity index (χ0v) is 18.6. The van der Waals surface area contributed by atoms with Crippen molar-refractivity contribution >= 4 is 17.6 Å². The number of ether oxygens (including phenoxy) is 3. The van der Waals surface area contributed by atoms with Crippen molar-refractivity contribution in [2.75, 3.05) is 32.6 Å². The highest BCUT2D eigenvalue weighted by atomic mass is 16.5. The van der Waals surface area contributed by atoms with Gasteiger partial charge >= 0.3 is 11.9 Å². The molecule has 3 aliphatic heterocycles. The van der Waals surface area contributed by atoms with E-state index in [2.05, 4.69) is 16.3 Å². The monoisotopic (exact) mass is 426 g/mol. The number of carbonyl (C=O) groups excluding carboxylic acids is 2. The number of nitrogens with one attached hydrogen (secondary N) is 1. The number of benzene rings is 1. The van der Waals surface area contributed by atoms with E-state index in [0.29, 0.717) is 12.0 Å². The van der Waals surface area contributed by atoms with Crippen LogP contribution in [0.1, 0.15) is 45.1 Å². The smallest absolute Gasteiger partial charge is 0.335 e. The average Bonchev–Trinajstić information content (AvgIpc) is 3.31. The standard InChI is InChI=1S/C24H30N2O5/c1-14(31-15(2)27)23-8-5-10-26-11-9-24(22(23)26)18-7-6-16(29-3)12-19(18)25-20(24)17(13-23)21(28)30-4/h6-7,12,14,22,25H,5,8-11,13H2,1-4H3/t14-,22-,23-,24-/m1/s1. The molecule has 1 N–H and O–H groups in total. The molecule has 0 bridgehead atoms. The number of hydrogen-bond acceptors (Lipinski definition) is 7. The molecule has 7 heteroatoms. The summed E-state index contributed by atoms with van der Waals surface area (Å²) in [5.41, 5.74) is 3.12. The van der Waals surface area contributed by atoms with E-state index in [1.54, 1.807) is 7.11 Å². The van der Waals surface area contributed by atoms with Crippen molar-refractivity contribution in [2.45, 2.75) is 57.1 Å². The summed E-state index contributed by atoms with van der Waals surface area (Å²) in [4.78, 5) is 27.6. The van der Waals surface area contributed by atoms with Crippen molar-refractivity contribution in [1.29, 1.82) is 0 Å². The molecule has 31 heavy (non-hydrogen) atoms. The minimum atomic E-state index is -0.351. The summed E-state index contributed by atoms with van der Waals surface area (Å²) >= 11 is 0. The van der Waals surface area contributed by atoms with Gasteiger partial charge in [0.15, 0.2) is 0 Å². The number of rotatable bonds is 4. The quantitative estimate of drug-likeness (QED) is 0.742. The fourth-order valence-corrected chi connectivity index (χ4v) is 6.99. The molecule has 166 valence electrons. The fourth-order valence-electron chi connectivity index (χ4n) is 6.99. The molecule has 7 nitrogen and oxygen atoms in total. The van der Waals surface area contributed by atoms with E-state index in [9.17, 15) is 9.59 Å². The van der Waals surface area contributed by atoms with Gasteiger partial charge in [0.2, 0.25) is 0 Å². The molecule has 4 aliphatic rings. The number of anilines is 1. The molecule has 0 radical (unpaired) electrons. The van der Waals surface area contributed by atoms with Crippen LogP contribution in [-0.4, -0.2) is 56.3 Å². The summed E-state index contributed by atoms with van der Waals surface area (Å²) < 4.78 is 16.5. The van der Waals surface area contributed by atoms with E-state index in [1.165, 1.54) is 19.6 Å². The van der Waals surface area contributed by atoms with Crippen molar-refractivity contribution in [3.63, 3.8) is 0 Å². The van der Waals surface area contributed by atoms with Crippen LogP contribution in [0, 0.1) is 5.41 Å². The number of carbonyl (C=O) groups is 2. The van der Waals surface area contributed by atoms with Crippen LogP contribution in [0.25, 0.3) is 0 Å². The lowest BCUT2D eigenvalue weighted by Crippen LogP contribution is -2.64. The van der Waals surface area contributed by atoms with Crippen LogP contribution in [0.2, 0.25) is 0 Å². The van der Waals surface area contributed by atoms with Gasteiger partial charge in [-0.05, 0) is 57.3 Å². The molecule has 1 aliphatic carbocycles. The predicted molar refractivity (Wildman–Crippen MR) is 115 cm³/mol. The van der Waals surface area contributed by atoms with Crippen LogP contribution in [0.3, 0.4) is 0 Å². The maximum absolute atomic E-state index is 13.1. The highest BCUT2D eigenvalue weighted by Gasteiger charge is 2.68. The molecular weight excluding hydrogens is 396 g/mol. The number of methoxy groups -OCH3 is 2. The van der Waals surface area contributed by atoms with Crippen LogP contribution in [0.4, 0.5) is 5.69 Å². The van der Waals surface area contributed by atoms with Gasteiger partial charge in [0, 0.05) is 35.8 Å². The van der Waals surface area contributed by atoms with E-state index in [0.717, 1.165) is 49.5 Å². The highest BCUT2D eigenvalue weighted by Crippen LogP contribution is 2.65. The van der Waals surface area contributed by atoms with Crippen LogP contribution in [-0.2, 0) is 24.5 Å². The van der Waals surface area contributed by atoms with Crippen LogP contribution in [0.15, 0.2) is 29.5 Å². The van der Waals surface area contributed by atoms with Crippen molar-refractivity contribution in [2.24, 2.45) is 5.41 Å². The van der Waals surface area contributed by atoms with Gasteiger partial charge in [0.05, 0.1) is 25.2 Å². The lowest BCUT2D eigenvalue weighted by atomic mass is 9.53. The largest absolute Gasteiger partial charge is 0.497 e. The average molecular weight is 427 g/mol. The summed E-state index contributed by atoms with van der Waals surface area (Å²) in [5, 5.41) is 3.59. The molecule has 0 amide bonds. The van der Waals surface area contributed by atoms with Gasteiger partial charge < -0.3 is 19.5 Å². The second kappa shape index (κ2) is 6.99. The molecule has 1 spiro atoms. The van der Waals surface area contributed by atoms with Gasteiger partial charge in [0.1, 0.15) is 11.9 Å². The fraction of sp³-hybridized carbons (Fsp3) is 0.583. The molecule has 1 aromatic rings. The number of fused-ring (bicyclic) bond motifs is 1. The van der Waals surface area contributed by atoms with Crippen LogP contribution >= 0.6 is 0 Å². The normalized spacial score (nSPS) is 31.8. The van der Waals surface area contributed by atoms with Gasteiger partial charge in [-0.2, -0.15) is 0 Å². The number of esters is 2. The Balaban J connectivity index is 1.76. The van der Waals surface area contributed by atoms with Gasteiger partial charge in [0.25, 0.3) is 0 Å². The van der Waals surface area contributed by atoms with Crippen molar-refractivity contribution < 1.29 is 23.8 Å². The van der Waals surface area contributed by atoms with Gasteiger partial charge in [-0.1, -0.05) is 6.07 Å². The Bertz CT molecular complexity index is 988. The third-order valence-corrected chi connectivity index (χ3v) is 8.06. The topological polar surface area (TPSA) is 77.1 Å². The zero-order valence-electron chi connectivity index (χ0n) is 18.6. The summed E-state index contributed by atoms with van der Waals surface area (Å²) in [7, 11) is 3.09. The first-order valence-electron chi connectivity index (χ1n) is 11.1. The van der Waals surface area contributed by atoms with Crippen molar-refractivity contribution in [1.82, 2.24) is 4.90 Å². The Kier molecular flexibility index (Phi) is 4.59. The molecule has 0 aromatic heterocycles. The van der Waals surface area contributed by atoms with Gasteiger partial charge in [-0.25, -0.2) is 4.79 Å². The summed E-state index contributed by atoms with van der Waals surface area (Å²) in [6, 6.07) is 6.28. The molecule has 0 unspecified atom stereocenters. The molecule has 0 saturated carbocycles. The molecule has 1 aromatic carbocycles. The first-order chi connectivity index (χ1) is 14.9. The lowest BCUT2D eigenvalue weighted by molar-refractivity contribution is -0.161. The number of piperidine rings is 1.